The number of rotatable bonds is 0. The minimum atomic E-state index is -0.586. The van der Waals surface area contributed by atoms with Gasteiger partial charge in [-0.15, -0.1) is 11.3 Å². The van der Waals surface area contributed by atoms with Crippen LogP contribution >= 0.6 is 27.3 Å². The monoisotopic (exact) mass is 376 g/mol. The van der Waals surface area contributed by atoms with Gasteiger partial charge in [-0.3, -0.25) is 0 Å². The van der Waals surface area contributed by atoms with Crippen LogP contribution in [0.4, 0.5) is 4.79 Å². The predicted molar refractivity (Wildman–Crippen MR) is 91.4 cm³/mol. The molecule has 0 unspecified atom stereocenters. The van der Waals surface area contributed by atoms with Crippen LogP contribution in [0.15, 0.2) is 28.9 Å². The van der Waals surface area contributed by atoms with Gasteiger partial charge in [0.05, 0.1) is 5.56 Å². The Hall–Kier alpha value is -1.84. The number of thiophene rings is 1. The van der Waals surface area contributed by atoms with Gasteiger partial charge in [-0.2, -0.15) is 5.26 Å². The second-order valence-corrected chi connectivity index (χ2v) is 7.79. The molecule has 2 heterocycles. The number of hydrogen-bond acceptors (Lipinski definition) is 4. The van der Waals surface area contributed by atoms with Gasteiger partial charge in [-0.1, -0.05) is 22.0 Å². The van der Waals surface area contributed by atoms with Crippen LogP contribution in [-0.4, -0.2) is 16.3 Å². The van der Waals surface area contributed by atoms with E-state index in [4.69, 9.17) is 4.74 Å². The molecule has 0 aliphatic heterocycles. The van der Waals surface area contributed by atoms with Crippen LogP contribution < -0.4 is 0 Å². The Balaban J connectivity index is 2.30. The van der Waals surface area contributed by atoms with Gasteiger partial charge in [0.2, 0.25) is 0 Å². The van der Waals surface area contributed by atoms with Gasteiger partial charge in [0, 0.05) is 26.1 Å². The lowest BCUT2D eigenvalue weighted by molar-refractivity contribution is 0.0545. The highest BCUT2D eigenvalue weighted by Crippen LogP contribution is 2.40. The van der Waals surface area contributed by atoms with E-state index in [0.717, 1.165) is 24.8 Å². The van der Waals surface area contributed by atoms with E-state index in [1.807, 2.05) is 39.0 Å². The largest absolute Gasteiger partial charge is 0.443 e. The molecule has 3 aromatic rings. The van der Waals surface area contributed by atoms with E-state index in [0.29, 0.717) is 5.56 Å². The third-order valence-corrected chi connectivity index (χ3v) is 4.92. The summed E-state index contributed by atoms with van der Waals surface area (Å²) in [4.78, 5) is 13.1. The molecule has 0 atom stereocenters. The average Bonchev–Trinajstić information content (AvgIpc) is 2.93. The van der Waals surface area contributed by atoms with E-state index in [9.17, 15) is 10.1 Å². The fourth-order valence-corrected chi connectivity index (χ4v) is 4.20. The Kier molecular flexibility index (Phi) is 3.50. The van der Waals surface area contributed by atoms with E-state index in [2.05, 4.69) is 22.0 Å². The van der Waals surface area contributed by atoms with Crippen LogP contribution in [0.25, 0.3) is 20.3 Å². The van der Waals surface area contributed by atoms with Crippen molar-refractivity contribution in [2.75, 3.05) is 0 Å². The molecule has 0 amide bonds. The molecular weight excluding hydrogens is 364 g/mol. The van der Waals surface area contributed by atoms with Crippen molar-refractivity contribution in [1.82, 2.24) is 4.57 Å². The molecule has 0 spiro atoms. The topological polar surface area (TPSA) is 55.0 Å². The van der Waals surface area contributed by atoms with Crippen molar-refractivity contribution in [2.45, 2.75) is 26.4 Å². The molecule has 112 valence electrons. The molecule has 2 aromatic heterocycles. The lowest BCUT2D eigenvalue weighted by Crippen LogP contribution is -2.26. The van der Waals surface area contributed by atoms with Crippen molar-refractivity contribution in [2.24, 2.45) is 0 Å². The van der Waals surface area contributed by atoms with Gasteiger partial charge < -0.3 is 4.74 Å². The molecule has 1 aromatic carbocycles. The lowest BCUT2D eigenvalue weighted by Gasteiger charge is -2.19. The number of hydrogen-bond donors (Lipinski definition) is 0. The smallest absolute Gasteiger partial charge is 0.419 e. The van der Waals surface area contributed by atoms with Crippen molar-refractivity contribution in [3.63, 3.8) is 0 Å². The highest BCUT2D eigenvalue weighted by Gasteiger charge is 2.23. The van der Waals surface area contributed by atoms with Crippen LogP contribution in [0.1, 0.15) is 26.3 Å². The first-order valence-electron chi connectivity index (χ1n) is 6.67. The summed E-state index contributed by atoms with van der Waals surface area (Å²) >= 11 is 5.00. The second kappa shape index (κ2) is 5.11. The second-order valence-electron chi connectivity index (χ2n) is 5.90. The zero-order valence-electron chi connectivity index (χ0n) is 12.3. The maximum Gasteiger partial charge on any atom is 0.419 e. The molecule has 0 fully saturated rings. The van der Waals surface area contributed by atoms with Gasteiger partial charge >= 0.3 is 6.09 Å². The van der Waals surface area contributed by atoms with Crippen LogP contribution in [-0.2, 0) is 4.74 Å². The van der Waals surface area contributed by atoms with Crippen molar-refractivity contribution >= 4 is 53.7 Å². The summed E-state index contributed by atoms with van der Waals surface area (Å²) in [7, 11) is 0. The number of ether oxygens (including phenoxy) is 1. The Labute approximate surface area is 140 Å². The fraction of sp³-hybridized carbons (Fsp3) is 0.250. The number of halogens is 1. The molecule has 0 aliphatic carbocycles. The lowest BCUT2D eigenvalue weighted by atomic mass is 10.1. The molecular formula is C16H13BrN2O2S. The maximum atomic E-state index is 12.4. The number of fused-ring (bicyclic) bond motifs is 3. The number of nitrogens with zero attached hydrogens (tertiary/aromatic N) is 2. The average molecular weight is 377 g/mol. The van der Waals surface area contributed by atoms with E-state index in [1.165, 1.54) is 15.9 Å². The van der Waals surface area contributed by atoms with Gasteiger partial charge in [0.25, 0.3) is 0 Å². The fourth-order valence-electron chi connectivity index (χ4n) is 2.30. The van der Waals surface area contributed by atoms with E-state index < -0.39 is 11.7 Å². The molecule has 0 bridgehead atoms. The zero-order valence-corrected chi connectivity index (χ0v) is 14.7. The summed E-state index contributed by atoms with van der Waals surface area (Å²) in [6.45, 7) is 5.45. The minimum absolute atomic E-state index is 0.471. The molecule has 3 rings (SSSR count). The SMILES string of the molecule is CC(C)(C)OC(=O)n1cc(C#N)c2c3c(Br)cccc3sc21. The third kappa shape index (κ3) is 2.40. The minimum Gasteiger partial charge on any atom is -0.443 e. The maximum absolute atomic E-state index is 12.4. The van der Waals surface area contributed by atoms with E-state index in [-0.39, 0.29) is 0 Å². The predicted octanol–water partition coefficient (Wildman–Crippen LogP) is 5.27. The molecule has 22 heavy (non-hydrogen) atoms. The molecule has 0 aliphatic rings. The number of aromatic nitrogens is 1. The summed E-state index contributed by atoms with van der Waals surface area (Å²) < 4.78 is 8.79. The number of carbonyl (C=O) groups is 1. The summed E-state index contributed by atoms with van der Waals surface area (Å²) in [5, 5.41) is 11.2. The summed E-state index contributed by atoms with van der Waals surface area (Å²) in [6.07, 6.45) is 1.08. The van der Waals surface area contributed by atoms with Crippen molar-refractivity contribution in [3.8, 4) is 6.07 Å². The van der Waals surface area contributed by atoms with Crippen LogP contribution in [0.5, 0.6) is 0 Å². The summed E-state index contributed by atoms with van der Waals surface area (Å²) in [5.41, 5.74) is -0.114. The van der Waals surface area contributed by atoms with Gasteiger partial charge in [-0.05, 0) is 32.9 Å². The summed E-state index contributed by atoms with van der Waals surface area (Å²) in [6, 6.07) is 8.02. The van der Waals surface area contributed by atoms with Crippen molar-refractivity contribution in [3.05, 3.63) is 34.4 Å². The number of benzene rings is 1. The Morgan fingerprint density at radius 2 is 2.09 bits per heavy atom. The van der Waals surface area contributed by atoms with Gasteiger partial charge in [0.1, 0.15) is 16.5 Å². The van der Waals surface area contributed by atoms with E-state index in [1.54, 1.807) is 6.20 Å². The van der Waals surface area contributed by atoms with Crippen LogP contribution in [0.3, 0.4) is 0 Å². The molecule has 0 N–H and O–H groups in total. The Bertz CT molecular complexity index is 941. The molecule has 6 heteroatoms. The van der Waals surface area contributed by atoms with Crippen LogP contribution in [0, 0.1) is 11.3 Å². The zero-order chi connectivity index (χ0) is 16.1. The molecule has 4 nitrogen and oxygen atoms in total. The normalized spacial score (nSPS) is 11.8. The highest BCUT2D eigenvalue weighted by molar-refractivity contribution is 9.10. The standard InChI is InChI=1S/C16H13BrN2O2S/c1-16(2,3)21-15(20)19-8-9(7-18)12-13-10(17)5-4-6-11(13)22-14(12)19/h4-6,8H,1-3H3. The van der Waals surface area contributed by atoms with Crippen molar-refractivity contribution in [1.29, 1.82) is 5.26 Å². The first-order chi connectivity index (χ1) is 10.3. The highest BCUT2D eigenvalue weighted by atomic mass is 79.9. The first-order valence-corrected chi connectivity index (χ1v) is 8.28. The Morgan fingerprint density at radius 1 is 1.36 bits per heavy atom. The van der Waals surface area contributed by atoms with Crippen molar-refractivity contribution < 1.29 is 9.53 Å². The van der Waals surface area contributed by atoms with Crippen LogP contribution in [0.2, 0.25) is 0 Å². The quantitative estimate of drug-likeness (QED) is 0.536. The van der Waals surface area contributed by atoms with Gasteiger partial charge in [-0.25, -0.2) is 9.36 Å². The summed E-state index contributed by atoms with van der Waals surface area (Å²) in [5.74, 6) is 0. The third-order valence-electron chi connectivity index (χ3n) is 3.10. The molecule has 0 saturated carbocycles. The molecule has 0 radical (unpaired) electrons. The number of carbonyl (C=O) groups excluding carboxylic acids is 1. The Morgan fingerprint density at radius 3 is 2.73 bits per heavy atom. The van der Waals surface area contributed by atoms with Gasteiger partial charge in [0.15, 0.2) is 0 Å². The molecule has 0 saturated heterocycles. The first kappa shape index (κ1) is 15.1. The van der Waals surface area contributed by atoms with E-state index >= 15 is 0 Å². The number of nitriles is 1.